The molecule has 0 unspecified atom stereocenters. The van der Waals surface area contributed by atoms with Crippen molar-refractivity contribution in [2.45, 2.75) is 39.3 Å². The average Bonchev–Trinajstić information content (AvgIpc) is 3.14. The first-order chi connectivity index (χ1) is 15.5. The van der Waals surface area contributed by atoms with Crippen LogP contribution in [0.5, 0.6) is 0 Å². The number of nitrogens with zero attached hydrogens (tertiary/aromatic N) is 3. The van der Waals surface area contributed by atoms with Crippen LogP contribution in [0.2, 0.25) is 0 Å². The Kier molecular flexibility index (Phi) is 6.66. The molecule has 0 spiro atoms. The fourth-order valence-electron chi connectivity index (χ4n) is 4.33. The van der Waals surface area contributed by atoms with Gasteiger partial charge < -0.3 is 20.8 Å². The van der Waals surface area contributed by atoms with Crippen molar-refractivity contribution in [3.8, 4) is 11.3 Å². The Balaban J connectivity index is 1.53. The summed E-state index contributed by atoms with van der Waals surface area (Å²) in [5.41, 5.74) is 10.2. The molecule has 4 N–H and O–H groups in total. The Labute approximate surface area is 186 Å². The van der Waals surface area contributed by atoms with E-state index in [4.69, 9.17) is 10.5 Å². The zero-order valence-electron chi connectivity index (χ0n) is 18.4. The zero-order valence-corrected chi connectivity index (χ0v) is 18.4. The maximum absolute atomic E-state index is 13.8. The second-order valence-corrected chi connectivity index (χ2v) is 8.13. The van der Waals surface area contributed by atoms with Crippen LogP contribution < -0.4 is 11.1 Å². The summed E-state index contributed by atoms with van der Waals surface area (Å²) in [6, 6.07) is 5.60. The number of carbonyl (C=O) groups excluding carboxylic acids is 1. The van der Waals surface area contributed by atoms with Crippen molar-refractivity contribution in [3.05, 3.63) is 41.3 Å². The molecule has 0 saturated carbocycles. The maximum Gasteiger partial charge on any atom is 0.320 e. The van der Waals surface area contributed by atoms with E-state index in [1.165, 1.54) is 6.20 Å². The molecule has 0 bridgehead atoms. The molecule has 2 aromatic heterocycles. The molecule has 8 nitrogen and oxygen atoms in total. The minimum Gasteiger partial charge on any atom is -0.465 e. The summed E-state index contributed by atoms with van der Waals surface area (Å²) >= 11 is 0. The first kappa shape index (κ1) is 22.2. The number of hydrogen-bond donors (Lipinski definition) is 3. The number of halogens is 1. The van der Waals surface area contributed by atoms with Crippen molar-refractivity contribution < 1.29 is 13.9 Å². The third-order valence-corrected chi connectivity index (χ3v) is 5.96. The van der Waals surface area contributed by atoms with Gasteiger partial charge in [-0.05, 0) is 50.9 Å². The third-order valence-electron chi connectivity index (χ3n) is 5.96. The Hall–Kier alpha value is -3.04. The molecule has 1 fully saturated rings. The van der Waals surface area contributed by atoms with Crippen LogP contribution in [0.15, 0.2) is 24.4 Å². The largest absolute Gasteiger partial charge is 0.465 e. The van der Waals surface area contributed by atoms with Crippen molar-refractivity contribution >= 4 is 22.7 Å². The van der Waals surface area contributed by atoms with E-state index in [-0.39, 0.29) is 17.8 Å². The molecule has 4 rings (SSSR count). The van der Waals surface area contributed by atoms with Gasteiger partial charge in [-0.25, -0.2) is 4.39 Å². The van der Waals surface area contributed by atoms with Gasteiger partial charge in [0.15, 0.2) is 5.82 Å². The molecule has 3 heterocycles. The van der Waals surface area contributed by atoms with E-state index in [2.05, 4.69) is 25.4 Å². The van der Waals surface area contributed by atoms with E-state index >= 15 is 0 Å². The average molecular weight is 441 g/mol. The Morgan fingerprint density at radius 2 is 2.25 bits per heavy atom. The topological polar surface area (TPSA) is 109 Å². The van der Waals surface area contributed by atoms with Gasteiger partial charge in [-0.3, -0.25) is 9.69 Å². The molecule has 0 aliphatic carbocycles. The Morgan fingerprint density at radius 3 is 3.03 bits per heavy atom. The van der Waals surface area contributed by atoms with Crippen molar-refractivity contribution in [1.29, 1.82) is 0 Å². The quantitative estimate of drug-likeness (QED) is 0.485. The molecule has 1 atom stereocenters. The predicted octanol–water partition coefficient (Wildman–Crippen LogP) is 2.97. The highest BCUT2D eigenvalue weighted by Crippen LogP contribution is 2.30. The van der Waals surface area contributed by atoms with Gasteiger partial charge in [-0.1, -0.05) is 6.07 Å². The van der Waals surface area contributed by atoms with Crippen LogP contribution in [0.25, 0.3) is 22.2 Å². The van der Waals surface area contributed by atoms with Gasteiger partial charge in [0.25, 0.3) is 0 Å². The fourth-order valence-corrected chi connectivity index (χ4v) is 4.33. The highest BCUT2D eigenvalue weighted by atomic mass is 19.1. The van der Waals surface area contributed by atoms with E-state index in [1.807, 2.05) is 26.0 Å². The predicted molar refractivity (Wildman–Crippen MR) is 122 cm³/mol. The molecule has 9 heteroatoms. The van der Waals surface area contributed by atoms with Gasteiger partial charge in [-0.2, -0.15) is 0 Å². The number of H-pyrrole nitrogens is 1. The van der Waals surface area contributed by atoms with Crippen LogP contribution in [0.4, 0.5) is 10.2 Å². The number of aromatic nitrogens is 3. The lowest BCUT2D eigenvalue weighted by Gasteiger charge is -2.33. The number of aromatic amines is 1. The number of rotatable bonds is 7. The van der Waals surface area contributed by atoms with Gasteiger partial charge in [-0.15, -0.1) is 10.2 Å². The molecule has 3 aromatic rings. The van der Waals surface area contributed by atoms with E-state index < -0.39 is 0 Å². The number of ether oxygens (including phenoxy) is 1. The van der Waals surface area contributed by atoms with Crippen LogP contribution in [-0.2, 0) is 16.1 Å². The summed E-state index contributed by atoms with van der Waals surface area (Å²) in [5.74, 6) is 0.194. The maximum atomic E-state index is 13.8. The number of hydrogen-bond acceptors (Lipinski definition) is 7. The summed E-state index contributed by atoms with van der Waals surface area (Å²) in [4.78, 5) is 16.9. The molecule has 0 radical (unpaired) electrons. The van der Waals surface area contributed by atoms with Crippen LogP contribution in [0, 0.1) is 12.7 Å². The number of nitrogens with one attached hydrogen (secondary N) is 2. The molecule has 1 aliphatic heterocycles. The fraction of sp³-hybridized carbons (Fsp3) is 0.435. The third kappa shape index (κ3) is 4.58. The number of nitrogens with two attached hydrogens (primary N) is 1. The summed E-state index contributed by atoms with van der Waals surface area (Å²) in [5, 5.41) is 12.9. The van der Waals surface area contributed by atoms with Crippen molar-refractivity contribution in [2.24, 2.45) is 5.73 Å². The zero-order chi connectivity index (χ0) is 22.7. The molecule has 32 heavy (non-hydrogen) atoms. The Morgan fingerprint density at radius 1 is 1.41 bits per heavy atom. The SMILES string of the molecule is CCOC(=O)CN1CCC[C@@H](Nc2nnc(-c3ccc4c(F)c[nH]c4c3)c(C)c2CN)C1. The first-order valence-corrected chi connectivity index (χ1v) is 11.0. The standard InChI is InChI=1S/C23H29FN6O2/c1-3-32-21(31)13-30-8-4-5-16(12-30)27-23-18(10-25)14(2)22(28-29-23)15-6-7-17-19(24)11-26-20(17)9-15/h6-7,9,11,16,26H,3-5,8,10,12-13,25H2,1-2H3,(H,27,29)/t16-/m1/s1. The van der Waals surface area contributed by atoms with Crippen LogP contribution >= 0.6 is 0 Å². The van der Waals surface area contributed by atoms with Gasteiger partial charge in [0.1, 0.15) is 5.82 Å². The number of fused-ring (bicyclic) bond motifs is 1. The number of piperidine rings is 1. The van der Waals surface area contributed by atoms with Crippen LogP contribution in [0.1, 0.15) is 30.9 Å². The minimum absolute atomic E-state index is 0.140. The van der Waals surface area contributed by atoms with Gasteiger partial charge in [0.2, 0.25) is 0 Å². The number of likely N-dealkylation sites (tertiary alicyclic amines) is 1. The van der Waals surface area contributed by atoms with Gasteiger partial charge >= 0.3 is 5.97 Å². The van der Waals surface area contributed by atoms with Crippen LogP contribution in [0.3, 0.4) is 0 Å². The van der Waals surface area contributed by atoms with Gasteiger partial charge in [0.05, 0.1) is 18.8 Å². The lowest BCUT2D eigenvalue weighted by Crippen LogP contribution is -2.44. The summed E-state index contributed by atoms with van der Waals surface area (Å²) in [6.45, 7) is 6.38. The van der Waals surface area contributed by atoms with E-state index in [0.29, 0.717) is 36.4 Å². The van der Waals surface area contributed by atoms with E-state index in [0.717, 1.165) is 48.3 Å². The summed E-state index contributed by atoms with van der Waals surface area (Å²) in [6.07, 6.45) is 3.30. The molecule has 1 aromatic carbocycles. The number of esters is 1. The van der Waals surface area contributed by atoms with Crippen molar-refractivity contribution in [2.75, 3.05) is 31.6 Å². The molecule has 0 amide bonds. The smallest absolute Gasteiger partial charge is 0.320 e. The second kappa shape index (κ2) is 9.62. The monoisotopic (exact) mass is 440 g/mol. The highest BCUT2D eigenvalue weighted by Gasteiger charge is 2.24. The molecule has 1 aliphatic rings. The normalized spacial score (nSPS) is 16.9. The summed E-state index contributed by atoms with van der Waals surface area (Å²) in [7, 11) is 0. The lowest BCUT2D eigenvalue weighted by atomic mass is 10.0. The Bertz CT molecular complexity index is 1120. The first-order valence-electron chi connectivity index (χ1n) is 11.0. The van der Waals surface area contributed by atoms with E-state index in [9.17, 15) is 9.18 Å². The van der Waals surface area contributed by atoms with Crippen LogP contribution in [-0.4, -0.2) is 58.3 Å². The number of anilines is 1. The number of carbonyl (C=O) groups is 1. The summed E-state index contributed by atoms with van der Waals surface area (Å²) < 4.78 is 18.8. The lowest BCUT2D eigenvalue weighted by molar-refractivity contribution is -0.144. The minimum atomic E-state index is -0.277. The van der Waals surface area contributed by atoms with E-state index in [1.54, 1.807) is 6.07 Å². The second-order valence-electron chi connectivity index (χ2n) is 8.13. The molecule has 1 saturated heterocycles. The molecule has 170 valence electrons. The van der Waals surface area contributed by atoms with Crippen molar-refractivity contribution in [3.63, 3.8) is 0 Å². The highest BCUT2D eigenvalue weighted by molar-refractivity contribution is 5.85. The van der Waals surface area contributed by atoms with Crippen molar-refractivity contribution in [1.82, 2.24) is 20.1 Å². The molecular weight excluding hydrogens is 411 g/mol. The molecular formula is C23H29FN6O2. The number of benzene rings is 1. The van der Waals surface area contributed by atoms with Gasteiger partial charge in [0, 0.05) is 47.4 Å².